The van der Waals surface area contributed by atoms with Crippen LogP contribution in [-0.4, -0.2) is 37.4 Å². The molecule has 0 saturated heterocycles. The molecule has 0 aromatic heterocycles. The standard InChI is InChI=1S/C17H16Cl2N2O3/c1-21(2)15(22)10-24-12-6-3-5-11(9-12)17(23)20-14-8-4-7-13(18)16(14)19/h3-9H,10H2,1-2H3,(H,20,23). The molecule has 1 N–H and O–H groups in total. The normalized spacial score (nSPS) is 10.2. The van der Waals surface area contributed by atoms with Crippen LogP contribution in [0.4, 0.5) is 5.69 Å². The van der Waals surface area contributed by atoms with Crippen LogP contribution in [0.1, 0.15) is 10.4 Å². The Hall–Kier alpha value is -2.24. The third kappa shape index (κ3) is 4.63. The number of rotatable bonds is 5. The zero-order valence-electron chi connectivity index (χ0n) is 13.2. The number of nitrogens with one attached hydrogen (secondary N) is 1. The maximum Gasteiger partial charge on any atom is 0.259 e. The Balaban J connectivity index is 2.09. The van der Waals surface area contributed by atoms with Gasteiger partial charge in [-0.2, -0.15) is 0 Å². The SMILES string of the molecule is CN(C)C(=O)COc1cccc(C(=O)Nc2cccc(Cl)c2Cl)c1. The fourth-order valence-electron chi connectivity index (χ4n) is 1.80. The van der Waals surface area contributed by atoms with Crippen molar-refractivity contribution in [3.8, 4) is 5.75 Å². The summed E-state index contributed by atoms with van der Waals surface area (Å²) in [4.78, 5) is 25.3. The highest BCUT2D eigenvalue weighted by molar-refractivity contribution is 6.44. The molecule has 0 fully saturated rings. The number of ether oxygens (including phenoxy) is 1. The van der Waals surface area contributed by atoms with Crippen molar-refractivity contribution in [3.63, 3.8) is 0 Å². The van der Waals surface area contributed by atoms with Crippen molar-refractivity contribution in [3.05, 3.63) is 58.1 Å². The van der Waals surface area contributed by atoms with Crippen LogP contribution in [0.5, 0.6) is 5.75 Å². The Kier molecular flexibility index (Phi) is 6.06. The highest BCUT2D eigenvalue weighted by Crippen LogP contribution is 2.30. The number of carbonyl (C=O) groups is 2. The number of anilines is 1. The first-order chi connectivity index (χ1) is 11.4. The lowest BCUT2D eigenvalue weighted by atomic mass is 10.2. The molecule has 24 heavy (non-hydrogen) atoms. The van der Waals surface area contributed by atoms with Gasteiger partial charge in [0.1, 0.15) is 5.75 Å². The fraction of sp³-hybridized carbons (Fsp3) is 0.176. The molecule has 126 valence electrons. The van der Waals surface area contributed by atoms with Crippen molar-refractivity contribution in [2.45, 2.75) is 0 Å². The van der Waals surface area contributed by atoms with Gasteiger partial charge < -0.3 is 15.0 Å². The number of likely N-dealkylation sites (N-methyl/N-ethyl adjacent to an activating group) is 1. The van der Waals surface area contributed by atoms with E-state index in [9.17, 15) is 9.59 Å². The third-order valence-electron chi connectivity index (χ3n) is 3.16. The minimum absolute atomic E-state index is 0.0990. The lowest BCUT2D eigenvalue weighted by Gasteiger charge is -2.12. The van der Waals surface area contributed by atoms with E-state index >= 15 is 0 Å². The third-order valence-corrected chi connectivity index (χ3v) is 3.98. The van der Waals surface area contributed by atoms with Crippen molar-refractivity contribution in [2.24, 2.45) is 0 Å². The molecular weight excluding hydrogens is 351 g/mol. The van der Waals surface area contributed by atoms with Crippen molar-refractivity contribution in [2.75, 3.05) is 26.0 Å². The van der Waals surface area contributed by atoms with E-state index in [1.807, 2.05) is 0 Å². The second-order valence-electron chi connectivity index (χ2n) is 5.16. The molecule has 0 aliphatic carbocycles. The van der Waals surface area contributed by atoms with Crippen LogP contribution in [0.2, 0.25) is 10.0 Å². The largest absolute Gasteiger partial charge is 0.484 e. The predicted molar refractivity (Wildman–Crippen MR) is 95.0 cm³/mol. The van der Waals surface area contributed by atoms with Gasteiger partial charge in [0.2, 0.25) is 0 Å². The molecule has 2 amide bonds. The number of halogens is 2. The van der Waals surface area contributed by atoms with Gasteiger partial charge in [-0.05, 0) is 30.3 Å². The molecule has 2 rings (SSSR count). The first kappa shape index (κ1) is 18.1. The van der Waals surface area contributed by atoms with E-state index in [2.05, 4.69) is 5.32 Å². The Bertz CT molecular complexity index is 763. The average molecular weight is 367 g/mol. The summed E-state index contributed by atoms with van der Waals surface area (Å²) < 4.78 is 5.39. The summed E-state index contributed by atoms with van der Waals surface area (Å²) in [5, 5.41) is 3.32. The Labute approximate surface area is 150 Å². The summed E-state index contributed by atoms with van der Waals surface area (Å²) in [7, 11) is 3.29. The van der Waals surface area contributed by atoms with Crippen LogP contribution in [-0.2, 0) is 4.79 Å². The van der Waals surface area contributed by atoms with Crippen LogP contribution in [0.15, 0.2) is 42.5 Å². The summed E-state index contributed by atoms with van der Waals surface area (Å²) in [5.74, 6) is -0.103. The fourth-order valence-corrected chi connectivity index (χ4v) is 2.14. The second kappa shape index (κ2) is 8.04. The summed E-state index contributed by atoms with van der Waals surface area (Å²) in [6.07, 6.45) is 0. The number of nitrogens with zero attached hydrogens (tertiary/aromatic N) is 1. The topological polar surface area (TPSA) is 58.6 Å². The molecule has 2 aromatic rings. The van der Waals surface area contributed by atoms with Gasteiger partial charge in [-0.15, -0.1) is 0 Å². The lowest BCUT2D eigenvalue weighted by molar-refractivity contribution is -0.130. The van der Waals surface area contributed by atoms with Gasteiger partial charge >= 0.3 is 0 Å². The zero-order valence-corrected chi connectivity index (χ0v) is 14.7. The molecule has 0 bridgehead atoms. The number of hydrogen-bond acceptors (Lipinski definition) is 3. The molecule has 0 aliphatic heterocycles. The first-order valence-corrected chi connectivity index (χ1v) is 7.82. The van der Waals surface area contributed by atoms with Gasteiger partial charge in [-0.25, -0.2) is 0 Å². The van der Waals surface area contributed by atoms with Crippen molar-refractivity contribution in [1.29, 1.82) is 0 Å². The maximum atomic E-state index is 12.3. The van der Waals surface area contributed by atoms with Gasteiger partial charge in [0.05, 0.1) is 15.7 Å². The van der Waals surface area contributed by atoms with E-state index in [0.717, 1.165) is 0 Å². The van der Waals surface area contributed by atoms with Gasteiger partial charge in [0, 0.05) is 19.7 Å². The Morgan fingerprint density at radius 2 is 1.83 bits per heavy atom. The molecule has 0 atom stereocenters. The summed E-state index contributed by atoms with van der Waals surface area (Å²) >= 11 is 12.0. The molecule has 0 unspecified atom stereocenters. The zero-order chi connectivity index (χ0) is 17.7. The summed E-state index contributed by atoms with van der Waals surface area (Å²) in [5.41, 5.74) is 0.795. The van der Waals surface area contributed by atoms with Crippen molar-refractivity contribution in [1.82, 2.24) is 4.90 Å². The molecule has 7 heteroatoms. The Morgan fingerprint density at radius 1 is 1.12 bits per heavy atom. The van der Waals surface area contributed by atoms with E-state index in [0.29, 0.717) is 22.0 Å². The van der Waals surface area contributed by atoms with Crippen LogP contribution in [0, 0.1) is 0 Å². The number of amides is 2. The first-order valence-electron chi connectivity index (χ1n) is 7.07. The predicted octanol–water partition coefficient (Wildman–Crippen LogP) is 3.71. The maximum absolute atomic E-state index is 12.3. The molecule has 0 radical (unpaired) electrons. The van der Waals surface area contributed by atoms with Crippen LogP contribution in [0.25, 0.3) is 0 Å². The average Bonchev–Trinajstić information content (AvgIpc) is 2.57. The van der Waals surface area contributed by atoms with Crippen LogP contribution < -0.4 is 10.1 Å². The minimum atomic E-state index is -0.358. The van der Waals surface area contributed by atoms with Gasteiger partial charge in [0.15, 0.2) is 6.61 Å². The second-order valence-corrected chi connectivity index (χ2v) is 5.95. The monoisotopic (exact) mass is 366 g/mol. The van der Waals surface area contributed by atoms with Crippen molar-refractivity contribution < 1.29 is 14.3 Å². The highest BCUT2D eigenvalue weighted by Gasteiger charge is 2.12. The summed E-state index contributed by atoms with van der Waals surface area (Å²) in [6.45, 7) is -0.0990. The quantitative estimate of drug-likeness (QED) is 0.877. The van der Waals surface area contributed by atoms with Gasteiger partial charge in [-0.3, -0.25) is 9.59 Å². The van der Waals surface area contributed by atoms with Gasteiger partial charge in [-0.1, -0.05) is 35.3 Å². The Morgan fingerprint density at radius 3 is 2.54 bits per heavy atom. The van der Waals surface area contributed by atoms with E-state index < -0.39 is 0 Å². The molecule has 0 aliphatic rings. The van der Waals surface area contributed by atoms with E-state index in [1.165, 1.54) is 4.90 Å². The van der Waals surface area contributed by atoms with E-state index in [-0.39, 0.29) is 23.4 Å². The summed E-state index contributed by atoms with van der Waals surface area (Å²) in [6, 6.07) is 11.5. The minimum Gasteiger partial charge on any atom is -0.484 e. The molecule has 0 saturated carbocycles. The number of hydrogen-bond donors (Lipinski definition) is 1. The van der Waals surface area contributed by atoms with Crippen LogP contribution >= 0.6 is 23.2 Å². The molecule has 0 spiro atoms. The molecular formula is C17H16Cl2N2O3. The van der Waals surface area contributed by atoms with E-state index in [1.54, 1.807) is 56.6 Å². The number of benzene rings is 2. The smallest absolute Gasteiger partial charge is 0.259 e. The number of carbonyl (C=O) groups excluding carboxylic acids is 2. The lowest BCUT2D eigenvalue weighted by Crippen LogP contribution is -2.27. The molecule has 0 heterocycles. The van der Waals surface area contributed by atoms with E-state index in [4.69, 9.17) is 27.9 Å². The molecule has 2 aromatic carbocycles. The molecule has 5 nitrogen and oxygen atoms in total. The van der Waals surface area contributed by atoms with Gasteiger partial charge in [0.25, 0.3) is 11.8 Å². The van der Waals surface area contributed by atoms with Crippen LogP contribution in [0.3, 0.4) is 0 Å². The van der Waals surface area contributed by atoms with Crippen molar-refractivity contribution >= 4 is 40.7 Å². The highest BCUT2D eigenvalue weighted by atomic mass is 35.5.